The van der Waals surface area contributed by atoms with Crippen molar-refractivity contribution in [2.45, 2.75) is 39.0 Å². The van der Waals surface area contributed by atoms with Crippen LogP contribution in [0.15, 0.2) is 48.5 Å². The topological polar surface area (TPSA) is 64.6 Å². The van der Waals surface area contributed by atoms with E-state index in [2.05, 4.69) is 5.32 Å². The van der Waals surface area contributed by atoms with Crippen LogP contribution in [0.4, 0.5) is 18.9 Å². The van der Waals surface area contributed by atoms with E-state index in [0.29, 0.717) is 11.7 Å². The molecule has 29 heavy (non-hydrogen) atoms. The van der Waals surface area contributed by atoms with Gasteiger partial charge in [0.25, 0.3) is 5.91 Å². The highest BCUT2D eigenvalue weighted by atomic mass is 19.4. The Labute approximate surface area is 166 Å². The van der Waals surface area contributed by atoms with Crippen LogP contribution in [-0.4, -0.2) is 24.6 Å². The summed E-state index contributed by atoms with van der Waals surface area (Å²) in [5, 5.41) is 2.14. The fourth-order valence-corrected chi connectivity index (χ4v) is 2.45. The van der Waals surface area contributed by atoms with Crippen molar-refractivity contribution in [3.05, 3.63) is 59.7 Å². The van der Waals surface area contributed by atoms with Crippen molar-refractivity contribution in [2.24, 2.45) is 0 Å². The highest BCUT2D eigenvalue weighted by Crippen LogP contribution is 2.34. The van der Waals surface area contributed by atoms with E-state index in [9.17, 15) is 22.8 Å². The van der Waals surface area contributed by atoms with Crippen molar-refractivity contribution in [3.63, 3.8) is 0 Å². The molecule has 2 aromatic carbocycles. The number of carbonyl (C=O) groups is 2. The number of amides is 1. The molecule has 0 aliphatic carbocycles. The lowest BCUT2D eigenvalue weighted by atomic mass is 10.0. The van der Waals surface area contributed by atoms with Gasteiger partial charge in [0, 0.05) is 0 Å². The molecule has 0 fully saturated rings. The van der Waals surface area contributed by atoms with E-state index >= 15 is 0 Å². The minimum atomic E-state index is -4.62. The fraction of sp³-hybridized carbons (Fsp3) is 0.333. The van der Waals surface area contributed by atoms with Crippen LogP contribution < -0.4 is 10.1 Å². The Hall–Kier alpha value is -3.03. The quantitative estimate of drug-likeness (QED) is 0.669. The summed E-state index contributed by atoms with van der Waals surface area (Å²) in [4.78, 5) is 24.0. The van der Waals surface area contributed by atoms with Crippen molar-refractivity contribution in [1.29, 1.82) is 0 Å². The van der Waals surface area contributed by atoms with E-state index in [1.165, 1.54) is 19.1 Å². The lowest BCUT2D eigenvalue weighted by Gasteiger charge is -2.17. The molecule has 0 saturated carbocycles. The van der Waals surface area contributed by atoms with Gasteiger partial charge in [-0.15, -0.1) is 0 Å². The van der Waals surface area contributed by atoms with Crippen molar-refractivity contribution in [2.75, 3.05) is 11.9 Å². The summed E-state index contributed by atoms with van der Waals surface area (Å²) in [5.74, 6) is -0.876. The molecule has 0 aliphatic heterocycles. The number of ether oxygens (including phenoxy) is 2. The molecule has 0 radical (unpaired) electrons. The number of hydrogen-bond acceptors (Lipinski definition) is 4. The Balaban J connectivity index is 1.88. The smallest absolute Gasteiger partial charge is 0.418 e. The Morgan fingerprint density at radius 2 is 1.62 bits per heavy atom. The average molecular weight is 409 g/mol. The van der Waals surface area contributed by atoms with Gasteiger partial charge in [-0.3, -0.25) is 4.79 Å². The number of para-hydroxylation sites is 1. The Bertz CT molecular complexity index is 848. The molecule has 0 aromatic heterocycles. The van der Waals surface area contributed by atoms with Crippen LogP contribution in [0, 0.1) is 0 Å². The summed E-state index contributed by atoms with van der Waals surface area (Å²) in [5.41, 5.74) is -0.279. The highest BCUT2D eigenvalue weighted by Gasteiger charge is 2.34. The van der Waals surface area contributed by atoms with Gasteiger partial charge >= 0.3 is 12.1 Å². The Morgan fingerprint density at radius 1 is 1.00 bits per heavy atom. The van der Waals surface area contributed by atoms with Crippen molar-refractivity contribution in [3.8, 4) is 5.75 Å². The monoisotopic (exact) mass is 409 g/mol. The maximum atomic E-state index is 13.0. The number of nitrogens with one attached hydrogen (secondary N) is 1. The summed E-state index contributed by atoms with van der Waals surface area (Å²) in [7, 11) is 0. The molecule has 0 bridgehead atoms. The van der Waals surface area contributed by atoms with Crippen LogP contribution in [0.3, 0.4) is 0 Å². The van der Waals surface area contributed by atoms with Gasteiger partial charge in [0.1, 0.15) is 5.75 Å². The van der Waals surface area contributed by atoms with Gasteiger partial charge in [-0.2, -0.15) is 13.2 Å². The van der Waals surface area contributed by atoms with E-state index < -0.39 is 42.0 Å². The molecule has 1 amide bonds. The van der Waals surface area contributed by atoms with Gasteiger partial charge in [-0.1, -0.05) is 38.1 Å². The predicted molar refractivity (Wildman–Crippen MR) is 102 cm³/mol. The zero-order chi connectivity index (χ0) is 21.6. The largest absolute Gasteiger partial charge is 0.482 e. The van der Waals surface area contributed by atoms with Crippen LogP contribution in [0.2, 0.25) is 0 Å². The molecule has 5 nitrogen and oxygen atoms in total. The lowest BCUT2D eigenvalue weighted by molar-refractivity contribution is -0.155. The average Bonchev–Trinajstić information content (AvgIpc) is 2.66. The molecule has 2 rings (SSSR count). The van der Waals surface area contributed by atoms with Crippen LogP contribution in [0.5, 0.6) is 5.75 Å². The first-order chi connectivity index (χ1) is 13.6. The lowest BCUT2D eigenvalue weighted by Crippen LogP contribution is -2.32. The molecular weight excluding hydrogens is 387 g/mol. The fourth-order valence-electron chi connectivity index (χ4n) is 2.45. The predicted octanol–water partition coefficient (Wildman–Crippen LogP) is 4.78. The van der Waals surface area contributed by atoms with Crippen LogP contribution in [0.1, 0.15) is 37.8 Å². The SMILES string of the molecule is CC(C)c1ccc(OCC(=O)O[C@@H](C)C(=O)Nc2ccccc2C(F)(F)F)cc1. The number of carbonyl (C=O) groups excluding carboxylic acids is 2. The number of anilines is 1. The summed E-state index contributed by atoms with van der Waals surface area (Å²) >= 11 is 0. The zero-order valence-electron chi connectivity index (χ0n) is 16.2. The van der Waals surface area contributed by atoms with E-state index in [0.717, 1.165) is 17.7 Å². The Morgan fingerprint density at radius 3 is 2.21 bits per heavy atom. The third kappa shape index (κ3) is 6.51. The minimum absolute atomic E-state index is 0.357. The first-order valence-electron chi connectivity index (χ1n) is 8.97. The van der Waals surface area contributed by atoms with E-state index in [1.54, 1.807) is 12.1 Å². The summed E-state index contributed by atoms with van der Waals surface area (Å²) in [6.45, 7) is 4.93. The van der Waals surface area contributed by atoms with Gasteiger partial charge in [0.15, 0.2) is 12.7 Å². The van der Waals surface area contributed by atoms with Gasteiger partial charge in [0.05, 0.1) is 11.3 Å². The van der Waals surface area contributed by atoms with Gasteiger partial charge in [-0.05, 0) is 42.7 Å². The second kappa shape index (κ2) is 9.45. The number of esters is 1. The normalized spacial score (nSPS) is 12.4. The molecule has 8 heteroatoms. The molecule has 0 spiro atoms. The van der Waals surface area contributed by atoms with Crippen molar-refractivity contribution >= 4 is 17.6 Å². The van der Waals surface area contributed by atoms with E-state index in [1.807, 2.05) is 26.0 Å². The van der Waals surface area contributed by atoms with Gasteiger partial charge in [0.2, 0.25) is 0 Å². The number of benzene rings is 2. The third-order valence-corrected chi connectivity index (χ3v) is 4.07. The Kier molecular flexibility index (Phi) is 7.25. The highest BCUT2D eigenvalue weighted by molar-refractivity contribution is 5.95. The number of hydrogen-bond donors (Lipinski definition) is 1. The van der Waals surface area contributed by atoms with Crippen molar-refractivity contribution < 1.29 is 32.2 Å². The van der Waals surface area contributed by atoms with Crippen molar-refractivity contribution in [1.82, 2.24) is 0 Å². The molecular formula is C21H22F3NO4. The van der Waals surface area contributed by atoms with Gasteiger partial charge in [-0.25, -0.2) is 4.79 Å². The maximum absolute atomic E-state index is 13.0. The maximum Gasteiger partial charge on any atom is 0.418 e. The minimum Gasteiger partial charge on any atom is -0.482 e. The van der Waals surface area contributed by atoms with E-state index in [4.69, 9.17) is 9.47 Å². The molecule has 0 heterocycles. The number of rotatable bonds is 7. The second-order valence-corrected chi connectivity index (χ2v) is 6.68. The number of halogens is 3. The summed E-state index contributed by atoms with van der Waals surface area (Å²) in [6, 6.07) is 11.7. The third-order valence-electron chi connectivity index (χ3n) is 4.07. The molecule has 156 valence electrons. The number of alkyl halides is 3. The standard InChI is InChI=1S/C21H22F3NO4/c1-13(2)15-8-10-16(11-9-15)28-12-19(26)29-14(3)20(27)25-18-7-5-4-6-17(18)21(22,23)24/h4-11,13-14H,12H2,1-3H3,(H,25,27)/t14-/m0/s1. The molecule has 1 atom stereocenters. The first kappa shape index (κ1) is 22.3. The molecule has 1 N–H and O–H groups in total. The van der Waals surface area contributed by atoms with Crippen LogP contribution in [-0.2, 0) is 20.5 Å². The van der Waals surface area contributed by atoms with Crippen LogP contribution in [0.25, 0.3) is 0 Å². The van der Waals surface area contributed by atoms with E-state index in [-0.39, 0.29) is 0 Å². The second-order valence-electron chi connectivity index (χ2n) is 6.68. The first-order valence-corrected chi connectivity index (χ1v) is 8.97. The summed E-state index contributed by atoms with van der Waals surface area (Å²) < 4.78 is 49.2. The molecule has 2 aromatic rings. The zero-order valence-corrected chi connectivity index (χ0v) is 16.2. The van der Waals surface area contributed by atoms with Gasteiger partial charge < -0.3 is 14.8 Å². The van der Waals surface area contributed by atoms with Crippen LogP contribution >= 0.6 is 0 Å². The molecule has 0 saturated heterocycles. The molecule has 0 aliphatic rings. The molecule has 0 unspecified atom stereocenters. The summed E-state index contributed by atoms with van der Waals surface area (Å²) in [6.07, 6.45) is -5.92.